The highest BCUT2D eigenvalue weighted by Gasteiger charge is 1.87. The summed E-state index contributed by atoms with van der Waals surface area (Å²) in [6.07, 6.45) is 1.34. The fourth-order valence-corrected chi connectivity index (χ4v) is 0.301. The number of primary amides is 1. The van der Waals surface area contributed by atoms with Gasteiger partial charge in [0.2, 0.25) is 0 Å². The first-order valence-electron chi connectivity index (χ1n) is 2.83. The molecule has 0 rings (SSSR count). The molecule has 0 spiro atoms. The lowest BCUT2D eigenvalue weighted by Gasteiger charge is -1.91. The molecule has 0 radical (unpaired) electrons. The zero-order chi connectivity index (χ0) is 8.69. The first-order chi connectivity index (χ1) is 5.16. The average molecular weight is 158 g/mol. The van der Waals surface area contributed by atoms with Crippen molar-refractivity contribution in [3.8, 4) is 0 Å². The number of hydrazone groups is 1. The maximum Gasteiger partial charge on any atom is 0.332 e. The minimum Gasteiger partial charge on any atom is -0.399 e. The van der Waals surface area contributed by atoms with Gasteiger partial charge in [0.05, 0.1) is 11.9 Å². The van der Waals surface area contributed by atoms with Crippen LogP contribution in [-0.2, 0) is 4.84 Å². The van der Waals surface area contributed by atoms with Gasteiger partial charge in [0.1, 0.15) is 7.11 Å². The van der Waals surface area contributed by atoms with Gasteiger partial charge in [0.25, 0.3) is 0 Å². The minimum atomic E-state index is -0.713. The van der Waals surface area contributed by atoms with Gasteiger partial charge in [-0.2, -0.15) is 5.10 Å². The Labute approximate surface area is 64.1 Å². The summed E-state index contributed by atoms with van der Waals surface area (Å²) in [5.41, 5.74) is 7.26. The molecule has 0 aromatic rings. The zero-order valence-electron chi connectivity index (χ0n) is 6.37. The van der Waals surface area contributed by atoms with Crippen molar-refractivity contribution in [2.45, 2.75) is 6.92 Å². The summed E-state index contributed by atoms with van der Waals surface area (Å²) >= 11 is 0. The number of hydrogen-bond acceptors (Lipinski definition) is 4. The molecule has 0 atom stereocenters. The number of carbonyl (C=O) groups is 1. The molecule has 0 aromatic heterocycles. The van der Waals surface area contributed by atoms with Gasteiger partial charge in [-0.3, -0.25) is 0 Å². The second kappa shape index (κ2) is 5.21. The Bertz CT molecular complexity index is 187. The van der Waals surface area contributed by atoms with E-state index in [0.29, 0.717) is 5.71 Å². The highest BCUT2D eigenvalue weighted by atomic mass is 16.6. The Hall–Kier alpha value is -1.59. The molecule has 0 fully saturated rings. The van der Waals surface area contributed by atoms with Gasteiger partial charge < -0.3 is 10.6 Å². The molecule has 0 saturated carbocycles. The van der Waals surface area contributed by atoms with Crippen molar-refractivity contribution in [1.29, 1.82) is 0 Å². The molecule has 2 amide bonds. The predicted molar refractivity (Wildman–Crippen MR) is 41.3 cm³/mol. The van der Waals surface area contributed by atoms with Crippen LogP contribution < -0.4 is 11.2 Å². The number of rotatable bonds is 3. The summed E-state index contributed by atoms with van der Waals surface area (Å²) < 4.78 is 0. The number of oxime groups is 1. The van der Waals surface area contributed by atoms with Crippen LogP contribution >= 0.6 is 0 Å². The second-order valence-corrected chi connectivity index (χ2v) is 1.65. The molecule has 0 aromatic carbocycles. The SMILES string of the molecule is CO/N=C/C(C)=N/NC(N)=O. The largest absolute Gasteiger partial charge is 0.399 e. The van der Waals surface area contributed by atoms with Crippen LogP contribution in [0.1, 0.15) is 6.92 Å². The van der Waals surface area contributed by atoms with E-state index >= 15 is 0 Å². The van der Waals surface area contributed by atoms with Crippen molar-refractivity contribution in [3.63, 3.8) is 0 Å². The van der Waals surface area contributed by atoms with E-state index in [1.807, 2.05) is 5.43 Å². The Balaban J connectivity index is 3.81. The molecule has 11 heavy (non-hydrogen) atoms. The molecule has 0 aliphatic rings. The van der Waals surface area contributed by atoms with E-state index < -0.39 is 6.03 Å². The summed E-state index contributed by atoms with van der Waals surface area (Å²) in [5, 5.41) is 6.93. The third-order valence-electron chi connectivity index (χ3n) is 0.687. The molecule has 3 N–H and O–H groups in total. The molecular formula is C5H10N4O2. The molecule has 0 aliphatic heterocycles. The van der Waals surface area contributed by atoms with E-state index in [1.165, 1.54) is 13.3 Å². The van der Waals surface area contributed by atoms with E-state index in [9.17, 15) is 4.79 Å². The summed E-state index contributed by atoms with van der Waals surface area (Å²) in [6.45, 7) is 1.64. The van der Waals surface area contributed by atoms with Crippen LogP contribution in [0.5, 0.6) is 0 Å². The van der Waals surface area contributed by atoms with Crippen LogP contribution in [-0.4, -0.2) is 25.1 Å². The maximum atomic E-state index is 10.1. The lowest BCUT2D eigenvalue weighted by Crippen LogP contribution is -2.25. The van der Waals surface area contributed by atoms with E-state index in [1.54, 1.807) is 6.92 Å². The first-order valence-corrected chi connectivity index (χ1v) is 2.83. The van der Waals surface area contributed by atoms with Crippen LogP contribution in [0.15, 0.2) is 10.3 Å². The van der Waals surface area contributed by atoms with Gasteiger partial charge in [0, 0.05) is 0 Å². The summed E-state index contributed by atoms with van der Waals surface area (Å²) in [6, 6.07) is -0.713. The highest BCUT2D eigenvalue weighted by Crippen LogP contribution is 1.71. The van der Waals surface area contributed by atoms with E-state index in [4.69, 9.17) is 5.73 Å². The van der Waals surface area contributed by atoms with Crippen LogP contribution in [0.4, 0.5) is 4.79 Å². The predicted octanol–water partition coefficient (Wildman–Crippen LogP) is -0.337. The van der Waals surface area contributed by atoms with Crippen molar-refractivity contribution in [2.24, 2.45) is 16.0 Å². The van der Waals surface area contributed by atoms with Crippen LogP contribution in [0.25, 0.3) is 0 Å². The van der Waals surface area contributed by atoms with Gasteiger partial charge in [-0.15, -0.1) is 0 Å². The normalized spacial score (nSPS) is 11.6. The Morgan fingerprint density at radius 1 is 1.73 bits per heavy atom. The molecule has 0 unspecified atom stereocenters. The van der Waals surface area contributed by atoms with E-state index in [-0.39, 0.29) is 0 Å². The highest BCUT2D eigenvalue weighted by molar-refractivity contribution is 6.29. The molecule has 62 valence electrons. The van der Waals surface area contributed by atoms with Crippen molar-refractivity contribution in [2.75, 3.05) is 7.11 Å². The molecule has 0 bridgehead atoms. The maximum absolute atomic E-state index is 10.1. The number of nitrogens with one attached hydrogen (secondary N) is 1. The molecule has 6 heteroatoms. The number of nitrogens with zero attached hydrogens (tertiary/aromatic N) is 2. The fraction of sp³-hybridized carbons (Fsp3) is 0.400. The third kappa shape index (κ3) is 6.29. The topological polar surface area (TPSA) is 89.1 Å². The van der Waals surface area contributed by atoms with Crippen LogP contribution in [0.2, 0.25) is 0 Å². The van der Waals surface area contributed by atoms with E-state index in [2.05, 4.69) is 15.1 Å². The summed E-state index contributed by atoms with van der Waals surface area (Å²) in [5.74, 6) is 0. The van der Waals surface area contributed by atoms with Crippen molar-refractivity contribution in [1.82, 2.24) is 5.43 Å². The molecule has 0 heterocycles. The monoisotopic (exact) mass is 158 g/mol. The van der Waals surface area contributed by atoms with Crippen molar-refractivity contribution >= 4 is 18.0 Å². The van der Waals surface area contributed by atoms with Crippen molar-refractivity contribution < 1.29 is 9.63 Å². The Morgan fingerprint density at radius 3 is 2.82 bits per heavy atom. The van der Waals surface area contributed by atoms with Gasteiger partial charge in [-0.1, -0.05) is 5.16 Å². The van der Waals surface area contributed by atoms with Gasteiger partial charge in [-0.05, 0) is 6.92 Å². The van der Waals surface area contributed by atoms with Gasteiger partial charge in [0.15, 0.2) is 0 Å². The number of hydrogen-bond donors (Lipinski definition) is 2. The lowest BCUT2D eigenvalue weighted by atomic mass is 10.5. The smallest absolute Gasteiger partial charge is 0.332 e. The Morgan fingerprint density at radius 2 is 2.36 bits per heavy atom. The zero-order valence-corrected chi connectivity index (χ0v) is 6.37. The standard InChI is InChI=1S/C5H10N4O2/c1-4(3-7-11-2)8-9-5(6)10/h3H,1-2H3,(H3,6,9,10)/b7-3+,8-4+. The molecule has 0 aliphatic carbocycles. The second-order valence-electron chi connectivity index (χ2n) is 1.65. The third-order valence-corrected chi connectivity index (χ3v) is 0.687. The average Bonchev–Trinajstić information content (AvgIpc) is 1.97. The fourth-order valence-electron chi connectivity index (χ4n) is 0.301. The molecule has 0 saturated heterocycles. The summed E-state index contributed by atoms with van der Waals surface area (Å²) in [4.78, 5) is 14.5. The van der Waals surface area contributed by atoms with Crippen molar-refractivity contribution in [3.05, 3.63) is 0 Å². The quantitative estimate of drug-likeness (QED) is 0.434. The first kappa shape index (κ1) is 9.41. The van der Waals surface area contributed by atoms with Crippen LogP contribution in [0, 0.1) is 0 Å². The minimum absolute atomic E-state index is 0.491. The van der Waals surface area contributed by atoms with Gasteiger partial charge >= 0.3 is 6.03 Å². The molecular weight excluding hydrogens is 148 g/mol. The number of nitrogens with two attached hydrogens (primary N) is 1. The van der Waals surface area contributed by atoms with E-state index in [0.717, 1.165) is 0 Å². The number of amides is 2. The van der Waals surface area contributed by atoms with Gasteiger partial charge in [-0.25, -0.2) is 10.2 Å². The summed E-state index contributed by atoms with van der Waals surface area (Å²) in [7, 11) is 1.41. The Kier molecular flexibility index (Phi) is 4.46. The van der Waals surface area contributed by atoms with Crippen LogP contribution in [0.3, 0.4) is 0 Å². The number of carbonyl (C=O) groups excluding carboxylic acids is 1. The lowest BCUT2D eigenvalue weighted by molar-refractivity contribution is 0.216. The molecule has 6 nitrogen and oxygen atoms in total. The number of urea groups is 1.